The molecule has 0 aliphatic carbocycles. The average molecular weight is 325 g/mol. The molecule has 7 nitrogen and oxygen atoms in total. The average Bonchev–Trinajstić information content (AvgIpc) is 3.33. The molecule has 7 heteroatoms. The maximum absolute atomic E-state index is 5.46. The quantitative estimate of drug-likeness (QED) is 0.725. The smallest absolute Gasteiger partial charge is 0.267 e. The minimum atomic E-state index is 0.00576. The fourth-order valence-electron chi connectivity index (χ4n) is 2.91. The van der Waals surface area contributed by atoms with Gasteiger partial charge in [-0.05, 0) is 30.1 Å². The molecule has 0 saturated carbocycles. The highest BCUT2D eigenvalue weighted by atomic mass is 16.5. The molecular weight excluding hydrogens is 306 g/mol. The van der Waals surface area contributed by atoms with E-state index in [0.717, 1.165) is 30.8 Å². The third-order valence-electron chi connectivity index (χ3n) is 4.20. The summed E-state index contributed by atoms with van der Waals surface area (Å²) in [6.07, 6.45) is 1.97. The molecule has 24 heavy (non-hydrogen) atoms. The van der Waals surface area contributed by atoms with Gasteiger partial charge in [-0.25, -0.2) is 0 Å². The summed E-state index contributed by atoms with van der Waals surface area (Å²) in [4.78, 5) is 11.1. The maximum atomic E-state index is 5.46. The van der Waals surface area contributed by atoms with E-state index in [-0.39, 0.29) is 12.0 Å². The molecule has 1 atom stereocenters. The van der Waals surface area contributed by atoms with Crippen LogP contribution in [0, 0.1) is 0 Å². The van der Waals surface area contributed by atoms with Crippen molar-refractivity contribution in [3.63, 3.8) is 0 Å². The minimum Gasteiger partial charge on any atom is -0.337 e. The molecule has 1 saturated heterocycles. The first-order chi connectivity index (χ1) is 11.7. The molecule has 0 bridgehead atoms. The number of nitrogens with zero attached hydrogens (tertiary/aromatic N) is 5. The predicted molar refractivity (Wildman–Crippen MR) is 87.4 cm³/mol. The second-order valence-corrected chi connectivity index (χ2v) is 6.26. The van der Waals surface area contributed by atoms with Crippen LogP contribution in [0.4, 0.5) is 5.95 Å². The molecular formula is C17H19N5O2. The predicted octanol–water partition coefficient (Wildman–Crippen LogP) is 3.58. The molecule has 1 fully saturated rings. The van der Waals surface area contributed by atoms with Gasteiger partial charge in [0.1, 0.15) is 6.04 Å². The van der Waals surface area contributed by atoms with E-state index in [1.807, 2.05) is 44.2 Å². The van der Waals surface area contributed by atoms with Crippen LogP contribution in [0.1, 0.15) is 50.4 Å². The molecule has 2 aromatic heterocycles. The van der Waals surface area contributed by atoms with Crippen LogP contribution >= 0.6 is 0 Å². The zero-order valence-corrected chi connectivity index (χ0v) is 13.7. The van der Waals surface area contributed by atoms with Gasteiger partial charge in [0, 0.05) is 18.0 Å². The van der Waals surface area contributed by atoms with Crippen molar-refractivity contribution in [1.29, 1.82) is 0 Å². The molecule has 3 heterocycles. The second kappa shape index (κ2) is 6.07. The summed E-state index contributed by atoms with van der Waals surface area (Å²) >= 11 is 0. The Bertz CT molecular complexity index is 811. The highest BCUT2D eigenvalue weighted by molar-refractivity contribution is 5.54. The van der Waals surface area contributed by atoms with Gasteiger partial charge in [0.05, 0.1) is 0 Å². The second-order valence-electron chi connectivity index (χ2n) is 6.26. The monoisotopic (exact) mass is 325 g/mol. The molecule has 0 radical (unpaired) electrons. The Kier molecular flexibility index (Phi) is 3.76. The first-order valence-corrected chi connectivity index (χ1v) is 8.21. The largest absolute Gasteiger partial charge is 0.337 e. The zero-order valence-electron chi connectivity index (χ0n) is 13.7. The van der Waals surface area contributed by atoms with E-state index >= 15 is 0 Å². The summed E-state index contributed by atoms with van der Waals surface area (Å²) in [5.74, 6) is 2.69. The van der Waals surface area contributed by atoms with E-state index in [2.05, 4.69) is 25.2 Å². The molecule has 0 spiro atoms. The summed E-state index contributed by atoms with van der Waals surface area (Å²) in [7, 11) is 0. The molecule has 124 valence electrons. The van der Waals surface area contributed by atoms with E-state index in [1.165, 1.54) is 0 Å². The van der Waals surface area contributed by atoms with Crippen LogP contribution in [0.25, 0.3) is 11.5 Å². The number of benzene rings is 1. The van der Waals surface area contributed by atoms with Gasteiger partial charge in [-0.1, -0.05) is 37.2 Å². The third-order valence-corrected chi connectivity index (χ3v) is 4.20. The number of hydrogen-bond donors (Lipinski definition) is 0. The van der Waals surface area contributed by atoms with Crippen LogP contribution < -0.4 is 4.90 Å². The molecule has 1 aromatic carbocycles. The van der Waals surface area contributed by atoms with Gasteiger partial charge in [-0.3, -0.25) is 0 Å². The number of aromatic nitrogens is 4. The van der Waals surface area contributed by atoms with Gasteiger partial charge in [0.2, 0.25) is 5.89 Å². The number of hydrogen-bond acceptors (Lipinski definition) is 7. The van der Waals surface area contributed by atoms with Crippen molar-refractivity contribution in [3.8, 4) is 11.5 Å². The Morgan fingerprint density at radius 2 is 1.92 bits per heavy atom. The lowest BCUT2D eigenvalue weighted by Crippen LogP contribution is -2.24. The Balaban J connectivity index is 1.60. The topological polar surface area (TPSA) is 81.1 Å². The number of rotatable bonds is 4. The van der Waals surface area contributed by atoms with Crippen molar-refractivity contribution in [3.05, 3.63) is 42.0 Å². The zero-order chi connectivity index (χ0) is 16.5. The van der Waals surface area contributed by atoms with Gasteiger partial charge < -0.3 is 13.9 Å². The van der Waals surface area contributed by atoms with E-state index in [9.17, 15) is 0 Å². The van der Waals surface area contributed by atoms with E-state index < -0.39 is 0 Å². The van der Waals surface area contributed by atoms with Gasteiger partial charge in [0.25, 0.3) is 11.8 Å². The lowest BCUT2D eigenvalue weighted by atomic mass is 10.2. The van der Waals surface area contributed by atoms with Gasteiger partial charge in [0.15, 0.2) is 5.82 Å². The fourth-order valence-corrected chi connectivity index (χ4v) is 2.91. The van der Waals surface area contributed by atoms with Crippen LogP contribution in [-0.4, -0.2) is 26.8 Å². The van der Waals surface area contributed by atoms with Crippen molar-refractivity contribution in [2.75, 3.05) is 11.4 Å². The molecule has 0 N–H and O–H groups in total. The van der Waals surface area contributed by atoms with Crippen molar-refractivity contribution in [2.24, 2.45) is 0 Å². The third kappa shape index (κ3) is 2.66. The molecule has 1 aliphatic rings. The van der Waals surface area contributed by atoms with Crippen LogP contribution in [0.5, 0.6) is 0 Å². The normalized spacial score (nSPS) is 17.8. The lowest BCUT2D eigenvalue weighted by Gasteiger charge is -2.18. The molecule has 0 amide bonds. The van der Waals surface area contributed by atoms with E-state index in [4.69, 9.17) is 9.05 Å². The number of anilines is 1. The highest BCUT2D eigenvalue weighted by Gasteiger charge is 2.34. The van der Waals surface area contributed by atoms with Gasteiger partial charge in [-0.2, -0.15) is 9.97 Å². The minimum absolute atomic E-state index is 0.00576. The van der Waals surface area contributed by atoms with Crippen molar-refractivity contribution < 1.29 is 9.05 Å². The first kappa shape index (κ1) is 14.9. The SMILES string of the molecule is CC(C)c1noc([C@@H]2CCCN2c2noc(-c3ccccc3)n2)n1. The molecule has 1 aliphatic heterocycles. The van der Waals surface area contributed by atoms with Crippen molar-refractivity contribution in [1.82, 2.24) is 20.3 Å². The maximum Gasteiger partial charge on any atom is 0.267 e. The summed E-state index contributed by atoms with van der Waals surface area (Å²) in [5.41, 5.74) is 0.909. The van der Waals surface area contributed by atoms with E-state index in [1.54, 1.807) is 0 Å². The molecule has 0 unspecified atom stereocenters. The molecule has 4 rings (SSSR count). The van der Waals surface area contributed by atoms with Crippen LogP contribution in [0.3, 0.4) is 0 Å². The summed E-state index contributed by atoms with van der Waals surface area (Å²) in [5, 5.41) is 8.21. The standard InChI is InChI=1S/C17H19N5O2/c1-11(2)14-18-16(24-20-14)13-9-6-10-22(13)17-19-15(23-21-17)12-7-4-3-5-8-12/h3-5,7-8,11,13H,6,9-10H2,1-2H3/t13-/m0/s1. The van der Waals surface area contributed by atoms with Gasteiger partial charge in [-0.15, -0.1) is 0 Å². The Labute approximate surface area is 139 Å². The lowest BCUT2D eigenvalue weighted by molar-refractivity contribution is 0.347. The Morgan fingerprint density at radius 3 is 2.67 bits per heavy atom. The van der Waals surface area contributed by atoms with E-state index in [0.29, 0.717) is 17.7 Å². The summed E-state index contributed by atoms with van der Waals surface area (Å²) in [6, 6.07) is 9.76. The Morgan fingerprint density at radius 1 is 1.08 bits per heavy atom. The summed E-state index contributed by atoms with van der Waals surface area (Å²) < 4.78 is 10.9. The van der Waals surface area contributed by atoms with Crippen molar-refractivity contribution in [2.45, 2.75) is 38.6 Å². The van der Waals surface area contributed by atoms with Gasteiger partial charge >= 0.3 is 0 Å². The Hall–Kier alpha value is -2.70. The van der Waals surface area contributed by atoms with Crippen molar-refractivity contribution >= 4 is 5.95 Å². The fraction of sp³-hybridized carbons (Fsp3) is 0.412. The first-order valence-electron chi connectivity index (χ1n) is 8.21. The highest BCUT2D eigenvalue weighted by Crippen LogP contribution is 2.35. The summed E-state index contributed by atoms with van der Waals surface area (Å²) in [6.45, 7) is 4.94. The molecule has 3 aromatic rings. The van der Waals surface area contributed by atoms with Crippen LogP contribution in [0.15, 0.2) is 39.4 Å². The van der Waals surface area contributed by atoms with Crippen LogP contribution in [-0.2, 0) is 0 Å². The van der Waals surface area contributed by atoms with Crippen LogP contribution in [0.2, 0.25) is 0 Å².